The highest BCUT2D eigenvalue weighted by Crippen LogP contribution is 2.36. The molecule has 0 atom stereocenters. The molecule has 1 fully saturated rings. The molecule has 2 heterocycles. The lowest BCUT2D eigenvalue weighted by Crippen LogP contribution is -2.36. The number of nitrogens with one attached hydrogen (secondary N) is 1. The number of nitrogens with zero attached hydrogens (tertiary/aromatic N) is 3. The summed E-state index contributed by atoms with van der Waals surface area (Å²) in [6, 6.07) is 23.2. The number of nitriles is 1. The molecule has 3 amide bonds. The van der Waals surface area contributed by atoms with Gasteiger partial charge in [0.05, 0.1) is 16.5 Å². The number of thioether (sulfide) groups is 1. The monoisotopic (exact) mass is 534 g/mol. The third-order valence-corrected chi connectivity index (χ3v) is 7.98. The van der Waals surface area contributed by atoms with Crippen LogP contribution in [0.15, 0.2) is 71.6 Å². The Morgan fingerprint density at radius 1 is 1.00 bits per heavy atom. The molecule has 0 unspecified atom stereocenters. The number of imide groups is 1. The standard InChI is InChI=1S/C31H26N4O3S/c1-19-9-8-13-26(20(19)2)33-29(36)18-35-30(37)28(39-31(35)38)15-25-21(3)34(27-14-7-6-12-24(25)27)17-23-11-5-4-10-22(23)16-32/h4-15H,17-18H2,1-3H3,(H,33,36)/b28-15-. The average Bonchev–Trinajstić information content (AvgIpc) is 3.34. The van der Waals surface area contributed by atoms with Crippen molar-refractivity contribution >= 4 is 51.5 Å². The minimum atomic E-state index is -0.493. The van der Waals surface area contributed by atoms with Crippen LogP contribution in [0.4, 0.5) is 10.5 Å². The molecular weight excluding hydrogens is 508 g/mol. The number of amides is 3. The number of hydrogen-bond acceptors (Lipinski definition) is 5. The molecule has 0 aliphatic carbocycles. The summed E-state index contributed by atoms with van der Waals surface area (Å²) in [6.07, 6.45) is 1.73. The maximum Gasteiger partial charge on any atom is 0.294 e. The average molecular weight is 535 g/mol. The lowest BCUT2D eigenvalue weighted by atomic mass is 10.1. The van der Waals surface area contributed by atoms with Crippen molar-refractivity contribution in [1.82, 2.24) is 9.47 Å². The second kappa shape index (κ2) is 10.6. The first-order valence-corrected chi connectivity index (χ1v) is 13.3. The van der Waals surface area contributed by atoms with Crippen LogP contribution >= 0.6 is 11.8 Å². The Balaban J connectivity index is 1.43. The van der Waals surface area contributed by atoms with E-state index in [1.807, 2.05) is 75.4 Å². The molecule has 5 rings (SSSR count). The molecule has 3 aromatic carbocycles. The van der Waals surface area contributed by atoms with E-state index in [-0.39, 0.29) is 11.4 Å². The Morgan fingerprint density at radius 3 is 2.54 bits per heavy atom. The van der Waals surface area contributed by atoms with Crippen molar-refractivity contribution in [2.24, 2.45) is 0 Å². The van der Waals surface area contributed by atoms with Crippen LogP contribution in [0, 0.1) is 32.1 Å². The fraction of sp³-hybridized carbons (Fsp3) is 0.161. The third kappa shape index (κ3) is 4.97. The van der Waals surface area contributed by atoms with Crippen LogP contribution in [0.25, 0.3) is 17.0 Å². The summed E-state index contributed by atoms with van der Waals surface area (Å²) in [5, 5.41) is 12.8. The van der Waals surface area contributed by atoms with Crippen molar-refractivity contribution < 1.29 is 14.4 Å². The number of para-hydroxylation sites is 1. The molecule has 7 nitrogen and oxygen atoms in total. The van der Waals surface area contributed by atoms with Gasteiger partial charge in [0.1, 0.15) is 6.54 Å². The minimum Gasteiger partial charge on any atom is -0.340 e. The maximum atomic E-state index is 13.3. The van der Waals surface area contributed by atoms with Gasteiger partial charge in [0.25, 0.3) is 11.1 Å². The predicted molar refractivity (Wildman–Crippen MR) is 154 cm³/mol. The van der Waals surface area contributed by atoms with Crippen LogP contribution in [0.1, 0.15) is 33.5 Å². The van der Waals surface area contributed by atoms with E-state index in [0.717, 1.165) is 55.5 Å². The van der Waals surface area contributed by atoms with Crippen molar-refractivity contribution in [1.29, 1.82) is 5.26 Å². The number of aromatic nitrogens is 1. The molecule has 4 aromatic rings. The van der Waals surface area contributed by atoms with E-state index in [1.165, 1.54) is 0 Å². The molecule has 1 N–H and O–H groups in total. The van der Waals surface area contributed by atoms with Gasteiger partial charge in [-0.3, -0.25) is 19.3 Å². The number of aryl methyl sites for hydroxylation is 1. The van der Waals surface area contributed by atoms with Crippen molar-refractivity contribution in [3.05, 3.63) is 105 Å². The molecule has 39 heavy (non-hydrogen) atoms. The number of hydrogen-bond donors (Lipinski definition) is 1. The highest BCUT2D eigenvalue weighted by molar-refractivity contribution is 8.18. The van der Waals surface area contributed by atoms with Gasteiger partial charge in [-0.1, -0.05) is 48.5 Å². The summed E-state index contributed by atoms with van der Waals surface area (Å²) in [4.78, 5) is 40.0. The van der Waals surface area contributed by atoms with Gasteiger partial charge in [-0.15, -0.1) is 0 Å². The first-order chi connectivity index (χ1) is 18.8. The predicted octanol–water partition coefficient (Wildman–Crippen LogP) is 6.16. The molecular formula is C31H26N4O3S. The molecule has 1 aliphatic rings. The van der Waals surface area contributed by atoms with Gasteiger partial charge in [-0.05, 0) is 73.5 Å². The van der Waals surface area contributed by atoms with E-state index < -0.39 is 17.1 Å². The number of fused-ring (bicyclic) bond motifs is 1. The van der Waals surface area contributed by atoms with Crippen LogP contribution in [-0.4, -0.2) is 33.1 Å². The SMILES string of the molecule is Cc1cccc(NC(=O)CN2C(=O)S/C(=C\c3c(C)n(Cc4ccccc4C#N)c4ccccc34)C2=O)c1C. The minimum absolute atomic E-state index is 0.267. The molecule has 0 bridgehead atoms. The van der Waals surface area contributed by atoms with Gasteiger partial charge in [0.15, 0.2) is 0 Å². The first kappa shape index (κ1) is 26.0. The Hall–Kier alpha value is -4.61. The van der Waals surface area contributed by atoms with Gasteiger partial charge >= 0.3 is 0 Å². The van der Waals surface area contributed by atoms with Crippen molar-refractivity contribution in [2.75, 3.05) is 11.9 Å². The van der Waals surface area contributed by atoms with Gasteiger partial charge in [-0.25, -0.2) is 0 Å². The normalized spacial score (nSPS) is 14.3. The van der Waals surface area contributed by atoms with E-state index in [2.05, 4.69) is 16.0 Å². The van der Waals surface area contributed by atoms with E-state index in [4.69, 9.17) is 0 Å². The first-order valence-electron chi connectivity index (χ1n) is 12.5. The molecule has 1 aromatic heterocycles. The Bertz CT molecular complexity index is 1730. The Kier molecular flexibility index (Phi) is 7.09. The molecule has 8 heteroatoms. The number of carbonyl (C=O) groups is 3. The molecule has 0 radical (unpaired) electrons. The van der Waals surface area contributed by atoms with Gasteiger partial charge < -0.3 is 9.88 Å². The topological polar surface area (TPSA) is 95.2 Å². The number of anilines is 1. The Morgan fingerprint density at radius 2 is 1.74 bits per heavy atom. The fourth-order valence-electron chi connectivity index (χ4n) is 4.77. The maximum absolute atomic E-state index is 13.3. The molecule has 0 spiro atoms. The highest BCUT2D eigenvalue weighted by Gasteiger charge is 2.36. The van der Waals surface area contributed by atoms with Crippen LogP contribution in [0.2, 0.25) is 0 Å². The van der Waals surface area contributed by atoms with Crippen LogP contribution < -0.4 is 5.32 Å². The fourth-order valence-corrected chi connectivity index (χ4v) is 5.59. The second-order valence-corrected chi connectivity index (χ2v) is 10.4. The molecule has 0 saturated carbocycles. The van der Waals surface area contributed by atoms with Crippen molar-refractivity contribution in [2.45, 2.75) is 27.3 Å². The van der Waals surface area contributed by atoms with Gasteiger partial charge in [0.2, 0.25) is 5.91 Å². The lowest BCUT2D eigenvalue weighted by Gasteiger charge is -2.14. The van der Waals surface area contributed by atoms with Crippen molar-refractivity contribution in [3.8, 4) is 6.07 Å². The number of carbonyl (C=O) groups excluding carboxylic acids is 3. The second-order valence-electron chi connectivity index (χ2n) is 9.43. The smallest absolute Gasteiger partial charge is 0.294 e. The van der Waals surface area contributed by atoms with Gasteiger partial charge in [0, 0.05) is 34.4 Å². The van der Waals surface area contributed by atoms with Gasteiger partial charge in [-0.2, -0.15) is 5.26 Å². The quantitative estimate of drug-likeness (QED) is 0.299. The largest absolute Gasteiger partial charge is 0.340 e. The number of rotatable bonds is 6. The van der Waals surface area contributed by atoms with E-state index >= 15 is 0 Å². The summed E-state index contributed by atoms with van der Waals surface area (Å²) in [6.45, 7) is 5.95. The zero-order valence-electron chi connectivity index (χ0n) is 21.8. The summed E-state index contributed by atoms with van der Waals surface area (Å²) < 4.78 is 2.11. The van der Waals surface area contributed by atoms with Crippen LogP contribution in [-0.2, 0) is 16.1 Å². The van der Waals surface area contributed by atoms with Crippen LogP contribution in [0.5, 0.6) is 0 Å². The third-order valence-electron chi connectivity index (χ3n) is 7.08. The molecule has 1 saturated heterocycles. The zero-order chi connectivity index (χ0) is 27.7. The lowest BCUT2D eigenvalue weighted by molar-refractivity contribution is -0.127. The summed E-state index contributed by atoms with van der Waals surface area (Å²) in [7, 11) is 0. The molecule has 1 aliphatic heterocycles. The van der Waals surface area contributed by atoms with Crippen LogP contribution in [0.3, 0.4) is 0 Å². The summed E-state index contributed by atoms with van der Waals surface area (Å²) in [5.74, 6) is -0.927. The highest BCUT2D eigenvalue weighted by atomic mass is 32.2. The number of benzene rings is 3. The van der Waals surface area contributed by atoms with E-state index in [0.29, 0.717) is 17.8 Å². The zero-order valence-corrected chi connectivity index (χ0v) is 22.6. The summed E-state index contributed by atoms with van der Waals surface area (Å²) >= 11 is 0.833. The van der Waals surface area contributed by atoms with Crippen molar-refractivity contribution in [3.63, 3.8) is 0 Å². The van der Waals surface area contributed by atoms with E-state index in [1.54, 1.807) is 18.2 Å². The van der Waals surface area contributed by atoms with E-state index in [9.17, 15) is 19.6 Å². The summed E-state index contributed by atoms with van der Waals surface area (Å²) in [5.41, 5.74) is 6.82. The molecule has 194 valence electrons. The Labute approximate surface area is 230 Å².